The highest BCUT2D eigenvalue weighted by Crippen LogP contribution is 2.25. The van der Waals surface area contributed by atoms with Crippen molar-refractivity contribution in [2.45, 2.75) is 26.9 Å². The fraction of sp³-hybridized carbons (Fsp3) is 0.316. The second-order valence-electron chi connectivity index (χ2n) is 5.83. The topological polar surface area (TPSA) is 59.6 Å². The molecule has 0 radical (unpaired) electrons. The van der Waals surface area contributed by atoms with E-state index in [4.69, 9.17) is 21.1 Å². The van der Waals surface area contributed by atoms with Crippen LogP contribution >= 0.6 is 11.6 Å². The molecule has 0 heterocycles. The number of amides is 2. The van der Waals surface area contributed by atoms with Crippen molar-refractivity contribution in [3.63, 3.8) is 0 Å². The van der Waals surface area contributed by atoms with Gasteiger partial charge in [-0.25, -0.2) is 4.79 Å². The lowest BCUT2D eigenvalue weighted by molar-refractivity contribution is 0.240. The molecule has 2 amide bonds. The van der Waals surface area contributed by atoms with Crippen LogP contribution in [0.3, 0.4) is 0 Å². The van der Waals surface area contributed by atoms with Crippen molar-refractivity contribution in [3.8, 4) is 11.5 Å². The van der Waals surface area contributed by atoms with E-state index in [1.165, 1.54) is 0 Å². The molecule has 2 N–H and O–H groups in total. The summed E-state index contributed by atoms with van der Waals surface area (Å²) in [6.07, 6.45) is 0.0264. The van der Waals surface area contributed by atoms with E-state index in [1.807, 2.05) is 51.1 Å². The van der Waals surface area contributed by atoms with Crippen LogP contribution in [-0.2, 0) is 0 Å². The lowest BCUT2D eigenvalue weighted by atomic mass is 10.2. The van der Waals surface area contributed by atoms with Gasteiger partial charge < -0.3 is 20.1 Å². The van der Waals surface area contributed by atoms with Crippen molar-refractivity contribution >= 4 is 23.3 Å². The monoisotopic (exact) mass is 362 g/mol. The maximum Gasteiger partial charge on any atom is 0.319 e. The van der Waals surface area contributed by atoms with Gasteiger partial charge in [-0.1, -0.05) is 29.8 Å². The Morgan fingerprint density at radius 1 is 1.16 bits per heavy atom. The summed E-state index contributed by atoms with van der Waals surface area (Å²) >= 11 is 6.07. The summed E-state index contributed by atoms with van der Waals surface area (Å²) in [5, 5.41) is 6.07. The molecule has 0 unspecified atom stereocenters. The zero-order valence-corrected chi connectivity index (χ0v) is 15.4. The molecular formula is C19H23ClN2O3. The van der Waals surface area contributed by atoms with Gasteiger partial charge in [-0.2, -0.15) is 0 Å². The molecule has 0 spiro atoms. The molecule has 0 saturated heterocycles. The Bertz CT molecular complexity index is 720. The third-order valence-corrected chi connectivity index (χ3v) is 3.54. The number of urea groups is 1. The largest absolute Gasteiger partial charge is 0.490 e. The minimum absolute atomic E-state index is 0.0264. The van der Waals surface area contributed by atoms with Crippen molar-refractivity contribution < 1.29 is 14.3 Å². The van der Waals surface area contributed by atoms with Crippen molar-refractivity contribution in [1.29, 1.82) is 0 Å². The normalized spacial score (nSPS) is 10.4. The van der Waals surface area contributed by atoms with E-state index >= 15 is 0 Å². The molecule has 25 heavy (non-hydrogen) atoms. The van der Waals surface area contributed by atoms with Gasteiger partial charge in [-0.05, 0) is 50.6 Å². The number of aryl methyl sites for hydroxylation is 1. The standard InChI is InChI=1S/C19H23ClN2O3/c1-13(2)25-17-7-5-4-6-16(17)22-19(23)21-10-11-24-18-12-14(3)8-9-15(18)20/h4-9,12-13H,10-11H2,1-3H3,(H2,21,22,23). The predicted octanol–water partition coefficient (Wildman–Crippen LogP) is 4.64. The maximum absolute atomic E-state index is 12.0. The third kappa shape index (κ3) is 6.19. The predicted molar refractivity (Wildman–Crippen MR) is 101 cm³/mol. The minimum atomic E-state index is -0.321. The average Bonchev–Trinajstić information content (AvgIpc) is 2.56. The van der Waals surface area contributed by atoms with Crippen molar-refractivity contribution in [3.05, 3.63) is 53.1 Å². The summed E-state index contributed by atoms with van der Waals surface area (Å²) in [6.45, 7) is 6.50. The number of para-hydroxylation sites is 2. The molecule has 0 fully saturated rings. The Kier molecular flexibility index (Phi) is 6.95. The average molecular weight is 363 g/mol. The van der Waals surface area contributed by atoms with Crippen molar-refractivity contribution in [2.75, 3.05) is 18.5 Å². The molecule has 0 aliphatic carbocycles. The van der Waals surface area contributed by atoms with Gasteiger partial charge in [-0.15, -0.1) is 0 Å². The van der Waals surface area contributed by atoms with Gasteiger partial charge in [0, 0.05) is 0 Å². The van der Waals surface area contributed by atoms with Crippen molar-refractivity contribution in [2.24, 2.45) is 0 Å². The molecule has 0 bridgehead atoms. The Balaban J connectivity index is 1.80. The molecule has 2 aromatic carbocycles. The number of halogens is 1. The van der Waals surface area contributed by atoms with Gasteiger partial charge in [0.2, 0.25) is 0 Å². The van der Waals surface area contributed by atoms with Crippen LogP contribution in [0.1, 0.15) is 19.4 Å². The molecule has 2 rings (SSSR count). The molecule has 0 atom stereocenters. The number of rotatable bonds is 7. The molecule has 0 saturated carbocycles. The number of ether oxygens (including phenoxy) is 2. The summed E-state index contributed by atoms with van der Waals surface area (Å²) in [5.41, 5.74) is 1.68. The lowest BCUT2D eigenvalue weighted by Crippen LogP contribution is -2.32. The highest BCUT2D eigenvalue weighted by atomic mass is 35.5. The fourth-order valence-electron chi connectivity index (χ4n) is 2.14. The number of anilines is 1. The summed E-state index contributed by atoms with van der Waals surface area (Å²) < 4.78 is 11.3. The zero-order chi connectivity index (χ0) is 18.2. The van der Waals surface area contributed by atoms with Crippen LogP contribution in [-0.4, -0.2) is 25.3 Å². The van der Waals surface area contributed by atoms with Crippen LogP contribution in [0.4, 0.5) is 10.5 Å². The number of nitrogens with one attached hydrogen (secondary N) is 2. The number of carbonyl (C=O) groups is 1. The Morgan fingerprint density at radius 2 is 1.92 bits per heavy atom. The molecule has 5 nitrogen and oxygen atoms in total. The first-order chi connectivity index (χ1) is 12.0. The lowest BCUT2D eigenvalue weighted by Gasteiger charge is -2.15. The second kappa shape index (κ2) is 9.18. The number of hydrogen-bond donors (Lipinski definition) is 2. The van der Waals surface area contributed by atoms with Gasteiger partial charge in [0.05, 0.1) is 23.4 Å². The van der Waals surface area contributed by atoms with Crippen LogP contribution in [0.25, 0.3) is 0 Å². The van der Waals surface area contributed by atoms with Gasteiger partial charge >= 0.3 is 6.03 Å². The first kappa shape index (κ1) is 18.9. The van der Waals surface area contributed by atoms with E-state index in [0.717, 1.165) is 5.56 Å². The first-order valence-electron chi connectivity index (χ1n) is 8.15. The van der Waals surface area contributed by atoms with Crippen molar-refractivity contribution in [1.82, 2.24) is 5.32 Å². The first-order valence-corrected chi connectivity index (χ1v) is 8.53. The van der Waals surface area contributed by atoms with Gasteiger partial charge in [-0.3, -0.25) is 0 Å². The van der Waals surface area contributed by atoms with E-state index in [9.17, 15) is 4.79 Å². The summed E-state index contributed by atoms with van der Waals surface area (Å²) in [4.78, 5) is 12.0. The summed E-state index contributed by atoms with van der Waals surface area (Å²) in [6, 6.07) is 12.6. The van der Waals surface area contributed by atoms with E-state index in [1.54, 1.807) is 12.1 Å². The quantitative estimate of drug-likeness (QED) is 0.705. The van der Waals surface area contributed by atoms with E-state index in [2.05, 4.69) is 10.6 Å². The number of carbonyl (C=O) groups excluding carboxylic acids is 1. The van der Waals surface area contributed by atoms with Crippen LogP contribution in [0.15, 0.2) is 42.5 Å². The van der Waals surface area contributed by atoms with E-state index < -0.39 is 0 Å². The Hall–Kier alpha value is -2.40. The van der Waals surface area contributed by atoms with Gasteiger partial charge in [0.15, 0.2) is 0 Å². The second-order valence-corrected chi connectivity index (χ2v) is 6.23. The van der Waals surface area contributed by atoms with E-state index in [-0.39, 0.29) is 12.1 Å². The van der Waals surface area contributed by atoms with Crippen LogP contribution in [0.2, 0.25) is 5.02 Å². The molecule has 0 aromatic heterocycles. The summed E-state index contributed by atoms with van der Waals surface area (Å²) in [7, 11) is 0. The number of hydrogen-bond acceptors (Lipinski definition) is 3. The molecule has 6 heteroatoms. The molecule has 134 valence electrons. The summed E-state index contributed by atoms with van der Waals surface area (Å²) in [5.74, 6) is 1.25. The maximum atomic E-state index is 12.0. The van der Waals surface area contributed by atoms with Gasteiger partial charge in [0.25, 0.3) is 0 Å². The van der Waals surface area contributed by atoms with Crippen LogP contribution < -0.4 is 20.1 Å². The SMILES string of the molecule is Cc1ccc(Cl)c(OCCNC(=O)Nc2ccccc2OC(C)C)c1. The molecule has 2 aromatic rings. The molecular weight excluding hydrogens is 340 g/mol. The van der Waals surface area contributed by atoms with E-state index in [0.29, 0.717) is 35.4 Å². The minimum Gasteiger partial charge on any atom is -0.490 e. The Labute approximate surface area is 153 Å². The number of benzene rings is 2. The van der Waals surface area contributed by atoms with Crippen LogP contribution in [0, 0.1) is 6.92 Å². The van der Waals surface area contributed by atoms with Crippen LogP contribution in [0.5, 0.6) is 11.5 Å². The molecule has 0 aliphatic heterocycles. The smallest absolute Gasteiger partial charge is 0.319 e. The van der Waals surface area contributed by atoms with Gasteiger partial charge in [0.1, 0.15) is 18.1 Å². The molecule has 0 aliphatic rings. The Morgan fingerprint density at radius 3 is 2.68 bits per heavy atom. The third-order valence-electron chi connectivity index (χ3n) is 3.23. The highest BCUT2D eigenvalue weighted by molar-refractivity contribution is 6.32. The fourth-order valence-corrected chi connectivity index (χ4v) is 2.31. The zero-order valence-electron chi connectivity index (χ0n) is 14.6. The highest BCUT2D eigenvalue weighted by Gasteiger charge is 2.08.